The maximum Gasteiger partial charge on any atom is 0.149 e. The van der Waals surface area contributed by atoms with Gasteiger partial charge in [-0.05, 0) is 53.2 Å². The maximum absolute atomic E-state index is 11.9. The molecule has 1 unspecified atom stereocenters. The Morgan fingerprint density at radius 3 is 2.35 bits per heavy atom. The Balaban J connectivity index is 1.95. The number of likely N-dealkylation sites (N-methyl/N-ethyl adjacent to an activating group) is 2. The van der Waals surface area contributed by atoms with Crippen molar-refractivity contribution in [2.75, 3.05) is 27.7 Å². The van der Waals surface area contributed by atoms with Crippen molar-refractivity contribution in [2.45, 2.75) is 56.5 Å². The molecule has 0 amide bonds. The van der Waals surface area contributed by atoms with E-state index in [0.717, 1.165) is 25.8 Å². The first-order chi connectivity index (χ1) is 8.05. The van der Waals surface area contributed by atoms with E-state index in [1.807, 2.05) is 0 Å². The predicted octanol–water partition coefficient (Wildman–Crippen LogP) is 1.91. The minimum atomic E-state index is 0.196. The quantitative estimate of drug-likeness (QED) is 0.747. The summed E-state index contributed by atoms with van der Waals surface area (Å²) >= 11 is 0. The van der Waals surface area contributed by atoms with E-state index in [4.69, 9.17) is 0 Å². The maximum atomic E-state index is 11.9. The number of rotatable bonds is 4. The third-order valence-electron chi connectivity index (χ3n) is 4.83. The summed E-state index contributed by atoms with van der Waals surface area (Å²) in [4.78, 5) is 16.6. The molecule has 3 heteroatoms. The summed E-state index contributed by atoms with van der Waals surface area (Å²) in [6, 6.07) is 0.196. The van der Waals surface area contributed by atoms with E-state index in [1.165, 1.54) is 25.7 Å². The second-order valence-electron chi connectivity index (χ2n) is 6.12. The molecule has 2 fully saturated rings. The van der Waals surface area contributed by atoms with Crippen molar-refractivity contribution < 1.29 is 4.79 Å². The van der Waals surface area contributed by atoms with Crippen molar-refractivity contribution in [2.24, 2.45) is 0 Å². The fourth-order valence-corrected chi connectivity index (χ4v) is 3.34. The third kappa shape index (κ3) is 2.55. The van der Waals surface area contributed by atoms with Crippen LogP contribution in [0.3, 0.4) is 0 Å². The highest BCUT2D eigenvalue weighted by atomic mass is 16.1. The number of hydrogen-bond acceptors (Lipinski definition) is 3. The molecule has 0 aliphatic heterocycles. The van der Waals surface area contributed by atoms with Crippen LogP contribution in [0, 0.1) is 0 Å². The molecule has 0 heterocycles. The lowest BCUT2D eigenvalue weighted by Gasteiger charge is -2.50. The van der Waals surface area contributed by atoms with Crippen molar-refractivity contribution >= 4 is 5.78 Å². The summed E-state index contributed by atoms with van der Waals surface area (Å²) in [6.07, 6.45) is 8.08. The van der Waals surface area contributed by atoms with Crippen LogP contribution in [0.25, 0.3) is 0 Å². The van der Waals surface area contributed by atoms with Crippen LogP contribution < -0.4 is 0 Å². The van der Waals surface area contributed by atoms with Crippen LogP contribution in [0.1, 0.15) is 44.9 Å². The van der Waals surface area contributed by atoms with Crippen LogP contribution in [0.5, 0.6) is 0 Å². The standard InChI is InChI=1S/C14H26N2O/c1-15(2)14(9-6-10-14)11-16(3)12-7-4-5-8-13(12)17/h12H,4-11H2,1-3H3. The van der Waals surface area contributed by atoms with Crippen LogP contribution in [0.2, 0.25) is 0 Å². The van der Waals surface area contributed by atoms with Gasteiger partial charge in [0.2, 0.25) is 0 Å². The summed E-state index contributed by atoms with van der Waals surface area (Å²) in [5.74, 6) is 0.465. The van der Waals surface area contributed by atoms with Gasteiger partial charge in [-0.25, -0.2) is 0 Å². The van der Waals surface area contributed by atoms with Gasteiger partial charge in [0.15, 0.2) is 0 Å². The van der Waals surface area contributed by atoms with Gasteiger partial charge in [-0.1, -0.05) is 6.42 Å². The molecular weight excluding hydrogens is 212 g/mol. The van der Waals surface area contributed by atoms with E-state index in [9.17, 15) is 4.79 Å². The summed E-state index contributed by atoms with van der Waals surface area (Å²) in [7, 11) is 6.49. The van der Waals surface area contributed by atoms with E-state index in [0.29, 0.717) is 11.3 Å². The summed E-state index contributed by atoms with van der Waals surface area (Å²) in [5, 5.41) is 0. The molecule has 0 aromatic rings. The molecule has 0 aromatic heterocycles. The van der Waals surface area contributed by atoms with Crippen LogP contribution in [0.15, 0.2) is 0 Å². The number of nitrogens with zero attached hydrogens (tertiary/aromatic N) is 2. The van der Waals surface area contributed by atoms with Gasteiger partial charge >= 0.3 is 0 Å². The largest absolute Gasteiger partial charge is 0.302 e. The average molecular weight is 238 g/mol. The highest BCUT2D eigenvalue weighted by Crippen LogP contribution is 2.37. The molecule has 0 radical (unpaired) electrons. The van der Waals surface area contributed by atoms with E-state index in [-0.39, 0.29) is 6.04 Å². The Morgan fingerprint density at radius 1 is 1.18 bits per heavy atom. The zero-order chi connectivity index (χ0) is 12.5. The summed E-state index contributed by atoms with van der Waals surface area (Å²) in [6.45, 7) is 1.05. The minimum absolute atomic E-state index is 0.196. The molecule has 0 saturated heterocycles. The molecule has 2 aliphatic carbocycles. The third-order valence-corrected chi connectivity index (χ3v) is 4.83. The minimum Gasteiger partial charge on any atom is -0.302 e. The average Bonchev–Trinajstić information content (AvgIpc) is 2.23. The topological polar surface area (TPSA) is 23.6 Å². The molecule has 1 atom stereocenters. The molecule has 0 aromatic carbocycles. The van der Waals surface area contributed by atoms with Gasteiger partial charge in [-0.15, -0.1) is 0 Å². The fraction of sp³-hybridized carbons (Fsp3) is 0.929. The molecule has 0 N–H and O–H groups in total. The first-order valence-corrected chi connectivity index (χ1v) is 6.95. The van der Waals surface area contributed by atoms with Gasteiger partial charge in [0.25, 0.3) is 0 Å². The fourth-order valence-electron chi connectivity index (χ4n) is 3.34. The molecule has 2 rings (SSSR count). The number of Topliss-reactive ketones (excluding diaryl/α,β-unsaturated/α-hetero) is 1. The molecule has 2 aliphatic rings. The molecule has 98 valence electrons. The van der Waals surface area contributed by atoms with Crippen molar-refractivity contribution in [3.63, 3.8) is 0 Å². The second-order valence-corrected chi connectivity index (χ2v) is 6.12. The van der Waals surface area contributed by atoms with Crippen LogP contribution in [-0.4, -0.2) is 54.9 Å². The lowest BCUT2D eigenvalue weighted by molar-refractivity contribution is -0.126. The van der Waals surface area contributed by atoms with Crippen LogP contribution >= 0.6 is 0 Å². The first kappa shape index (κ1) is 13.0. The van der Waals surface area contributed by atoms with Crippen molar-refractivity contribution in [3.05, 3.63) is 0 Å². The second kappa shape index (κ2) is 5.07. The normalized spacial score (nSPS) is 28.5. The van der Waals surface area contributed by atoms with Gasteiger partial charge in [-0.2, -0.15) is 0 Å². The smallest absolute Gasteiger partial charge is 0.149 e. The van der Waals surface area contributed by atoms with E-state index < -0.39 is 0 Å². The molecule has 2 saturated carbocycles. The van der Waals surface area contributed by atoms with Gasteiger partial charge in [-0.3, -0.25) is 9.69 Å². The zero-order valence-corrected chi connectivity index (χ0v) is 11.5. The van der Waals surface area contributed by atoms with Crippen LogP contribution in [0.4, 0.5) is 0 Å². The van der Waals surface area contributed by atoms with Gasteiger partial charge in [0.05, 0.1) is 6.04 Å². The molecule has 3 nitrogen and oxygen atoms in total. The molecule has 0 bridgehead atoms. The Bertz CT molecular complexity index is 284. The summed E-state index contributed by atoms with van der Waals surface area (Å²) in [5.41, 5.74) is 0.340. The van der Waals surface area contributed by atoms with E-state index in [2.05, 4.69) is 30.9 Å². The molecule has 0 spiro atoms. The van der Waals surface area contributed by atoms with Crippen molar-refractivity contribution in [1.82, 2.24) is 9.80 Å². The summed E-state index contributed by atoms with van der Waals surface area (Å²) < 4.78 is 0. The van der Waals surface area contributed by atoms with E-state index in [1.54, 1.807) is 0 Å². The van der Waals surface area contributed by atoms with Gasteiger partial charge in [0, 0.05) is 18.5 Å². The monoisotopic (exact) mass is 238 g/mol. The zero-order valence-electron chi connectivity index (χ0n) is 11.5. The lowest BCUT2D eigenvalue weighted by Crippen LogP contribution is -2.59. The Morgan fingerprint density at radius 2 is 1.88 bits per heavy atom. The van der Waals surface area contributed by atoms with E-state index >= 15 is 0 Å². The van der Waals surface area contributed by atoms with Crippen LogP contribution in [-0.2, 0) is 4.79 Å². The number of carbonyl (C=O) groups excluding carboxylic acids is 1. The SMILES string of the molecule is CN(CC1(N(C)C)CCC1)C1CCCCC1=O. The Hall–Kier alpha value is -0.410. The van der Waals surface area contributed by atoms with Gasteiger partial charge in [0.1, 0.15) is 5.78 Å². The highest BCUT2D eigenvalue weighted by Gasteiger charge is 2.41. The highest BCUT2D eigenvalue weighted by molar-refractivity contribution is 5.84. The predicted molar refractivity (Wildman–Crippen MR) is 70.2 cm³/mol. The van der Waals surface area contributed by atoms with Crippen molar-refractivity contribution in [3.8, 4) is 0 Å². The Labute approximate surface area is 105 Å². The number of carbonyl (C=O) groups is 1. The number of ketones is 1. The Kier molecular flexibility index (Phi) is 3.88. The molecule has 17 heavy (non-hydrogen) atoms. The van der Waals surface area contributed by atoms with Crippen molar-refractivity contribution in [1.29, 1.82) is 0 Å². The number of hydrogen-bond donors (Lipinski definition) is 0. The first-order valence-electron chi connectivity index (χ1n) is 6.95. The molecular formula is C14H26N2O. The van der Waals surface area contributed by atoms with Gasteiger partial charge < -0.3 is 4.90 Å². The lowest BCUT2D eigenvalue weighted by atomic mass is 9.75.